The number of thiazole rings is 1. The van der Waals surface area contributed by atoms with E-state index in [1.54, 1.807) is 7.05 Å². The van der Waals surface area contributed by atoms with E-state index in [1.165, 1.54) is 12.8 Å². The molecule has 0 bridgehead atoms. The van der Waals surface area contributed by atoms with Crippen molar-refractivity contribution in [2.75, 3.05) is 26.7 Å². The first-order valence-corrected chi connectivity index (χ1v) is 9.37. The molecule has 1 unspecified atom stereocenters. The van der Waals surface area contributed by atoms with Crippen LogP contribution in [0.15, 0.2) is 10.4 Å². The van der Waals surface area contributed by atoms with Gasteiger partial charge in [0, 0.05) is 31.6 Å². The lowest BCUT2D eigenvalue weighted by Gasteiger charge is -2.35. The van der Waals surface area contributed by atoms with Crippen LogP contribution in [0.3, 0.4) is 0 Å². The van der Waals surface area contributed by atoms with Gasteiger partial charge in [-0.15, -0.1) is 35.3 Å². The maximum Gasteiger partial charge on any atom is 0.434 e. The summed E-state index contributed by atoms with van der Waals surface area (Å²) in [5.74, 6) is 1.14. The van der Waals surface area contributed by atoms with Crippen molar-refractivity contribution in [3.05, 3.63) is 16.1 Å². The lowest BCUT2D eigenvalue weighted by Crippen LogP contribution is -2.45. The number of nitrogens with zero attached hydrogens (tertiary/aromatic N) is 3. The summed E-state index contributed by atoms with van der Waals surface area (Å²) in [5.41, 5.74) is -0.840. The van der Waals surface area contributed by atoms with Crippen molar-refractivity contribution in [2.24, 2.45) is 10.9 Å². The molecule has 1 saturated heterocycles. The summed E-state index contributed by atoms with van der Waals surface area (Å²) >= 11 is 0.995. The second-order valence-electron chi connectivity index (χ2n) is 6.53. The van der Waals surface area contributed by atoms with Crippen LogP contribution in [0.4, 0.5) is 13.2 Å². The molecule has 0 aromatic carbocycles. The average Bonchev–Trinajstić information content (AvgIpc) is 3.04. The van der Waals surface area contributed by atoms with Crippen LogP contribution < -0.4 is 10.6 Å². The fourth-order valence-corrected chi connectivity index (χ4v) is 3.62. The number of nitrogens with one attached hydrogen (secondary N) is 2. The fourth-order valence-electron chi connectivity index (χ4n) is 2.88. The largest absolute Gasteiger partial charge is 0.434 e. The number of hydrogen-bond donors (Lipinski definition) is 2. The van der Waals surface area contributed by atoms with Crippen LogP contribution in [-0.4, -0.2) is 48.6 Å². The molecule has 1 fully saturated rings. The van der Waals surface area contributed by atoms with E-state index in [-0.39, 0.29) is 30.5 Å². The van der Waals surface area contributed by atoms with Crippen LogP contribution in [0, 0.1) is 5.92 Å². The number of aliphatic imine (C=N–C) groups is 1. The molecule has 150 valence electrons. The summed E-state index contributed by atoms with van der Waals surface area (Å²) in [7, 11) is 1.65. The Morgan fingerprint density at radius 1 is 1.42 bits per heavy atom. The zero-order chi connectivity index (χ0) is 18.4. The molecule has 2 heterocycles. The lowest BCUT2D eigenvalue weighted by atomic mass is 9.97. The monoisotopic (exact) mass is 505 g/mol. The first-order chi connectivity index (χ1) is 11.8. The molecule has 0 saturated carbocycles. The van der Waals surface area contributed by atoms with Gasteiger partial charge in [0.05, 0.1) is 6.54 Å². The van der Waals surface area contributed by atoms with Gasteiger partial charge in [-0.05, 0) is 39.2 Å². The predicted octanol–water partition coefficient (Wildman–Crippen LogP) is 3.57. The number of guanidine groups is 1. The number of aromatic nitrogens is 1. The van der Waals surface area contributed by atoms with E-state index in [0.717, 1.165) is 36.4 Å². The third-order valence-electron chi connectivity index (χ3n) is 4.31. The molecule has 0 amide bonds. The van der Waals surface area contributed by atoms with E-state index in [1.807, 2.05) is 0 Å². The van der Waals surface area contributed by atoms with Crippen molar-refractivity contribution >= 4 is 41.3 Å². The highest BCUT2D eigenvalue weighted by Crippen LogP contribution is 2.29. The van der Waals surface area contributed by atoms with Crippen molar-refractivity contribution in [3.63, 3.8) is 0 Å². The van der Waals surface area contributed by atoms with Gasteiger partial charge in [0.2, 0.25) is 0 Å². The van der Waals surface area contributed by atoms with E-state index < -0.39 is 11.9 Å². The number of piperidine rings is 1. The quantitative estimate of drug-likeness (QED) is 0.365. The van der Waals surface area contributed by atoms with Crippen LogP contribution >= 0.6 is 35.3 Å². The molecule has 1 aliphatic heterocycles. The summed E-state index contributed by atoms with van der Waals surface area (Å²) in [5, 5.41) is 7.73. The van der Waals surface area contributed by atoms with Crippen LogP contribution in [0.5, 0.6) is 0 Å². The summed E-state index contributed by atoms with van der Waals surface area (Å²) in [6.07, 6.45) is -2.03. The van der Waals surface area contributed by atoms with Crippen LogP contribution in [0.25, 0.3) is 0 Å². The van der Waals surface area contributed by atoms with E-state index >= 15 is 0 Å². The van der Waals surface area contributed by atoms with Gasteiger partial charge in [-0.3, -0.25) is 4.99 Å². The molecule has 0 radical (unpaired) electrons. The van der Waals surface area contributed by atoms with Gasteiger partial charge in [-0.2, -0.15) is 13.2 Å². The van der Waals surface area contributed by atoms with Crippen LogP contribution in [0.1, 0.15) is 37.4 Å². The number of alkyl halides is 3. The molecule has 1 aromatic heterocycles. The molecular weight excluding hydrogens is 478 g/mol. The number of halogens is 4. The van der Waals surface area contributed by atoms with Crippen LogP contribution in [0.2, 0.25) is 0 Å². The molecule has 1 aliphatic rings. The maximum atomic E-state index is 12.6. The third-order valence-corrected chi connectivity index (χ3v) is 5.16. The van der Waals surface area contributed by atoms with Gasteiger partial charge >= 0.3 is 6.18 Å². The van der Waals surface area contributed by atoms with Crippen molar-refractivity contribution in [3.8, 4) is 0 Å². The van der Waals surface area contributed by atoms with E-state index in [0.29, 0.717) is 22.9 Å². The molecule has 10 heteroatoms. The second kappa shape index (κ2) is 10.6. The Balaban J connectivity index is 0.00000338. The normalized spacial score (nSPS) is 19.3. The number of likely N-dealkylation sites (tertiary alicyclic amines) is 1. The van der Waals surface area contributed by atoms with Crippen molar-refractivity contribution in [1.82, 2.24) is 20.5 Å². The molecule has 0 spiro atoms. The summed E-state index contributed by atoms with van der Waals surface area (Å²) in [6.45, 7) is 7.65. The van der Waals surface area contributed by atoms with Gasteiger partial charge in [0.25, 0.3) is 0 Å². The highest BCUT2D eigenvalue weighted by Gasteiger charge is 2.33. The highest BCUT2D eigenvalue weighted by molar-refractivity contribution is 14.0. The van der Waals surface area contributed by atoms with Crippen molar-refractivity contribution in [1.29, 1.82) is 0 Å². The molecule has 1 aromatic rings. The Morgan fingerprint density at radius 3 is 2.73 bits per heavy atom. The van der Waals surface area contributed by atoms with Gasteiger partial charge in [0.1, 0.15) is 5.01 Å². The zero-order valence-corrected chi connectivity index (χ0v) is 18.4. The average molecular weight is 505 g/mol. The van der Waals surface area contributed by atoms with Crippen LogP contribution in [-0.2, 0) is 12.7 Å². The Morgan fingerprint density at radius 2 is 2.15 bits per heavy atom. The first kappa shape index (κ1) is 23.4. The number of hydrogen-bond acceptors (Lipinski definition) is 4. The smallest absolute Gasteiger partial charge is 0.356 e. The molecule has 2 N–H and O–H groups in total. The minimum atomic E-state index is -4.39. The predicted molar refractivity (Wildman–Crippen MR) is 110 cm³/mol. The van der Waals surface area contributed by atoms with E-state index in [4.69, 9.17) is 0 Å². The van der Waals surface area contributed by atoms with Crippen molar-refractivity contribution in [2.45, 2.75) is 45.5 Å². The summed E-state index contributed by atoms with van der Waals surface area (Å²) < 4.78 is 37.7. The molecular formula is C16H27F3IN5S. The van der Waals surface area contributed by atoms with Gasteiger partial charge < -0.3 is 15.5 Å². The van der Waals surface area contributed by atoms with Crippen molar-refractivity contribution < 1.29 is 13.2 Å². The zero-order valence-electron chi connectivity index (χ0n) is 15.3. The SMILES string of the molecule is CN=C(NCc1nc(C(F)(F)F)cs1)NCC1CCCN(C(C)C)C1.I. The molecule has 26 heavy (non-hydrogen) atoms. The molecule has 5 nitrogen and oxygen atoms in total. The van der Waals surface area contributed by atoms with E-state index in [2.05, 4.69) is 39.4 Å². The second-order valence-corrected chi connectivity index (χ2v) is 7.47. The summed E-state index contributed by atoms with van der Waals surface area (Å²) in [4.78, 5) is 10.2. The first-order valence-electron chi connectivity index (χ1n) is 8.49. The summed E-state index contributed by atoms with van der Waals surface area (Å²) in [6, 6.07) is 0.549. The third kappa shape index (κ3) is 7.18. The Labute approximate surface area is 173 Å². The van der Waals surface area contributed by atoms with Gasteiger partial charge in [-0.25, -0.2) is 4.98 Å². The fraction of sp³-hybridized carbons (Fsp3) is 0.750. The topological polar surface area (TPSA) is 52.6 Å². The Hall–Kier alpha value is -0.620. The van der Waals surface area contributed by atoms with Gasteiger partial charge in [0.15, 0.2) is 11.7 Å². The molecule has 0 aliphatic carbocycles. The van der Waals surface area contributed by atoms with Gasteiger partial charge in [-0.1, -0.05) is 0 Å². The molecule has 1 atom stereocenters. The Kier molecular flexibility index (Phi) is 9.59. The minimum absolute atomic E-state index is 0. The number of rotatable bonds is 5. The van der Waals surface area contributed by atoms with E-state index in [9.17, 15) is 13.2 Å². The minimum Gasteiger partial charge on any atom is -0.356 e. The highest BCUT2D eigenvalue weighted by atomic mass is 127. The lowest BCUT2D eigenvalue weighted by molar-refractivity contribution is -0.140. The maximum absolute atomic E-state index is 12.6. The molecule has 2 rings (SSSR count). The Bertz CT molecular complexity index is 576. The standard InChI is InChI=1S/C16H26F3N5S.HI/c1-11(2)24-6-4-5-12(9-24)7-21-15(20-3)22-8-14-23-13(10-25-14)16(17,18)19;/h10-12H,4-9H2,1-3H3,(H2,20,21,22);1H.